The van der Waals surface area contributed by atoms with Gasteiger partial charge in [0.25, 0.3) is 0 Å². The van der Waals surface area contributed by atoms with Crippen molar-refractivity contribution in [3.05, 3.63) is 46.5 Å². The Morgan fingerprint density at radius 2 is 1.48 bits per heavy atom. The normalized spacial score (nSPS) is 12.4. The van der Waals surface area contributed by atoms with Gasteiger partial charge < -0.3 is 14.2 Å². The number of methoxy groups -OCH3 is 3. The highest BCUT2D eigenvalue weighted by atomic mass is 16.5. The summed E-state index contributed by atoms with van der Waals surface area (Å²) in [5.74, 6) is 0.490. The predicted octanol–water partition coefficient (Wildman–Crippen LogP) is 1.67. The quantitative estimate of drug-likeness (QED) is 0.580. The predicted molar refractivity (Wildman–Crippen MR) is 92.6 cm³/mol. The Bertz CT molecular complexity index is 1080. The lowest BCUT2D eigenvalue weighted by Gasteiger charge is -2.22. The lowest BCUT2D eigenvalue weighted by Crippen LogP contribution is -2.23. The number of benzene rings is 2. The molecule has 2 aromatic carbocycles. The molecule has 0 bridgehead atoms. The molecule has 0 spiro atoms. The van der Waals surface area contributed by atoms with Gasteiger partial charge in [0.1, 0.15) is 17.2 Å². The summed E-state index contributed by atoms with van der Waals surface area (Å²) in [6, 6.07) is 6.23. The van der Waals surface area contributed by atoms with Crippen LogP contribution in [0.25, 0.3) is 11.4 Å². The molecular weight excluding hydrogens is 352 g/mol. The summed E-state index contributed by atoms with van der Waals surface area (Å²) < 4.78 is 15.9. The molecule has 0 amide bonds. The number of carbonyl (C=O) groups is 2. The Kier molecular flexibility index (Phi) is 3.84. The number of ether oxygens (including phenoxy) is 3. The lowest BCUT2D eigenvalue weighted by atomic mass is 9.82. The third kappa shape index (κ3) is 2.43. The molecule has 9 nitrogen and oxygen atoms in total. The molecule has 1 N–H and O–H groups in total. The van der Waals surface area contributed by atoms with Crippen LogP contribution in [0.5, 0.6) is 17.2 Å². The van der Waals surface area contributed by atoms with E-state index in [1.807, 2.05) is 0 Å². The van der Waals surface area contributed by atoms with Gasteiger partial charge in [-0.05, 0) is 23.4 Å². The molecule has 3 aromatic rings. The minimum atomic E-state index is -0.365. The van der Waals surface area contributed by atoms with Gasteiger partial charge in [0, 0.05) is 22.8 Å². The fourth-order valence-electron chi connectivity index (χ4n) is 3.16. The van der Waals surface area contributed by atoms with E-state index in [1.165, 1.54) is 27.4 Å². The monoisotopic (exact) mass is 366 g/mol. The number of H-pyrrole nitrogens is 1. The Balaban J connectivity index is 2.00. The fourth-order valence-corrected chi connectivity index (χ4v) is 3.16. The Morgan fingerprint density at radius 3 is 2.07 bits per heavy atom. The number of carbonyl (C=O) groups excluding carboxylic acids is 2. The van der Waals surface area contributed by atoms with Crippen LogP contribution in [0.1, 0.15) is 31.8 Å². The van der Waals surface area contributed by atoms with Gasteiger partial charge in [-0.2, -0.15) is 5.21 Å². The highest BCUT2D eigenvalue weighted by Crippen LogP contribution is 2.41. The second-order valence-corrected chi connectivity index (χ2v) is 5.75. The van der Waals surface area contributed by atoms with Crippen molar-refractivity contribution in [3.8, 4) is 28.6 Å². The van der Waals surface area contributed by atoms with E-state index in [4.69, 9.17) is 14.2 Å². The van der Waals surface area contributed by atoms with E-state index in [2.05, 4.69) is 20.6 Å². The number of fused-ring (bicyclic) bond motifs is 2. The van der Waals surface area contributed by atoms with Crippen molar-refractivity contribution in [1.29, 1.82) is 0 Å². The third-order valence-electron chi connectivity index (χ3n) is 4.40. The number of hydrogen-bond acceptors (Lipinski definition) is 8. The molecule has 0 saturated heterocycles. The Hall–Kier alpha value is -3.75. The van der Waals surface area contributed by atoms with Gasteiger partial charge in [-0.25, -0.2) is 0 Å². The first-order chi connectivity index (χ1) is 13.1. The summed E-state index contributed by atoms with van der Waals surface area (Å²) in [5, 5.41) is 13.7. The Morgan fingerprint density at radius 1 is 0.815 bits per heavy atom. The molecule has 1 aromatic heterocycles. The van der Waals surface area contributed by atoms with Gasteiger partial charge in [-0.3, -0.25) is 9.59 Å². The van der Waals surface area contributed by atoms with E-state index < -0.39 is 0 Å². The van der Waals surface area contributed by atoms with E-state index in [0.29, 0.717) is 11.3 Å². The van der Waals surface area contributed by atoms with Crippen LogP contribution in [-0.2, 0) is 0 Å². The van der Waals surface area contributed by atoms with Crippen molar-refractivity contribution in [3.63, 3.8) is 0 Å². The van der Waals surface area contributed by atoms with Crippen molar-refractivity contribution >= 4 is 11.6 Å². The van der Waals surface area contributed by atoms with Crippen LogP contribution in [-0.4, -0.2) is 53.5 Å². The zero-order valence-corrected chi connectivity index (χ0v) is 14.7. The zero-order chi connectivity index (χ0) is 19.1. The van der Waals surface area contributed by atoms with Crippen molar-refractivity contribution in [2.75, 3.05) is 21.3 Å². The highest BCUT2D eigenvalue weighted by Gasteiger charge is 2.36. The van der Waals surface area contributed by atoms with Crippen molar-refractivity contribution in [1.82, 2.24) is 20.6 Å². The maximum absolute atomic E-state index is 13.2. The summed E-state index contributed by atoms with van der Waals surface area (Å²) in [4.78, 5) is 26.4. The number of tetrazole rings is 1. The smallest absolute Gasteiger partial charge is 0.204 e. The maximum atomic E-state index is 13.2. The molecule has 9 heteroatoms. The SMILES string of the molecule is COc1cc(OC)c2c(c1)C(=O)c1cc(-c3nn[nH]n3)cc(OC)c1C2=O. The zero-order valence-electron chi connectivity index (χ0n) is 14.7. The molecular formula is C18H14N4O5. The van der Waals surface area contributed by atoms with Gasteiger partial charge in [0.2, 0.25) is 11.6 Å². The summed E-state index contributed by atoms with van der Waals surface area (Å²) in [7, 11) is 4.33. The maximum Gasteiger partial charge on any atom is 0.204 e. The molecule has 1 aliphatic rings. The molecule has 136 valence electrons. The summed E-state index contributed by atoms with van der Waals surface area (Å²) in [5.41, 5.74) is 1.25. The number of nitrogens with zero attached hydrogens (tertiary/aromatic N) is 3. The second kappa shape index (κ2) is 6.20. The standard InChI is InChI=1S/C18H14N4O5/c1-25-9-6-11-15(13(7-9)27-3)17(24)14-10(16(11)23)4-8(5-12(14)26-2)18-19-21-22-20-18/h4-7H,1-3H3,(H,19,20,21,22). The fraction of sp³-hybridized carbons (Fsp3) is 0.167. The van der Waals surface area contributed by atoms with Gasteiger partial charge >= 0.3 is 0 Å². The highest BCUT2D eigenvalue weighted by molar-refractivity contribution is 6.30. The van der Waals surface area contributed by atoms with Crippen LogP contribution in [0.15, 0.2) is 24.3 Å². The molecule has 0 atom stereocenters. The van der Waals surface area contributed by atoms with Crippen LogP contribution in [0.2, 0.25) is 0 Å². The van der Waals surface area contributed by atoms with Crippen molar-refractivity contribution in [2.24, 2.45) is 0 Å². The number of nitrogens with one attached hydrogen (secondary N) is 1. The van der Waals surface area contributed by atoms with Gasteiger partial charge in [-0.15, -0.1) is 10.2 Å². The minimum absolute atomic E-state index is 0.172. The van der Waals surface area contributed by atoms with E-state index in [9.17, 15) is 9.59 Å². The number of ketones is 2. The van der Waals surface area contributed by atoms with Gasteiger partial charge in [0.15, 0.2) is 5.78 Å². The number of rotatable bonds is 4. The summed E-state index contributed by atoms with van der Waals surface area (Å²) >= 11 is 0. The van der Waals surface area contributed by atoms with Crippen LogP contribution >= 0.6 is 0 Å². The van der Waals surface area contributed by atoms with Crippen molar-refractivity contribution < 1.29 is 23.8 Å². The van der Waals surface area contributed by atoms with E-state index >= 15 is 0 Å². The molecule has 0 unspecified atom stereocenters. The van der Waals surface area contributed by atoms with E-state index in [1.54, 1.807) is 18.2 Å². The van der Waals surface area contributed by atoms with Crippen LogP contribution in [0, 0.1) is 0 Å². The second-order valence-electron chi connectivity index (χ2n) is 5.75. The number of aromatic amines is 1. The van der Waals surface area contributed by atoms with Gasteiger partial charge in [0.05, 0.1) is 32.5 Å². The summed E-state index contributed by atoms with van der Waals surface area (Å²) in [6.07, 6.45) is 0. The number of hydrogen-bond donors (Lipinski definition) is 1. The molecule has 1 heterocycles. The topological polar surface area (TPSA) is 116 Å². The number of aromatic nitrogens is 4. The lowest BCUT2D eigenvalue weighted by molar-refractivity contribution is 0.0973. The molecule has 0 fully saturated rings. The molecule has 1 aliphatic carbocycles. The molecule has 0 aliphatic heterocycles. The average molecular weight is 366 g/mol. The van der Waals surface area contributed by atoms with E-state index in [0.717, 1.165) is 0 Å². The minimum Gasteiger partial charge on any atom is -0.497 e. The first kappa shape index (κ1) is 16.7. The third-order valence-corrected chi connectivity index (χ3v) is 4.40. The van der Waals surface area contributed by atoms with Crippen LogP contribution in [0.4, 0.5) is 0 Å². The molecule has 0 radical (unpaired) electrons. The van der Waals surface area contributed by atoms with Crippen LogP contribution < -0.4 is 14.2 Å². The van der Waals surface area contributed by atoms with Gasteiger partial charge in [-0.1, -0.05) is 0 Å². The first-order valence-electron chi connectivity index (χ1n) is 7.90. The Labute approximate surface area is 153 Å². The van der Waals surface area contributed by atoms with Crippen LogP contribution in [0.3, 0.4) is 0 Å². The first-order valence-corrected chi connectivity index (χ1v) is 7.90. The summed E-state index contributed by atoms with van der Waals surface area (Å²) in [6.45, 7) is 0. The van der Waals surface area contributed by atoms with E-state index in [-0.39, 0.29) is 51.1 Å². The van der Waals surface area contributed by atoms with Crippen molar-refractivity contribution in [2.45, 2.75) is 0 Å². The average Bonchev–Trinajstić information content (AvgIpc) is 3.24. The molecule has 4 rings (SSSR count). The molecule has 0 saturated carbocycles. The largest absolute Gasteiger partial charge is 0.497 e. The molecule has 27 heavy (non-hydrogen) atoms.